The van der Waals surface area contributed by atoms with Crippen LogP contribution in [0.4, 0.5) is 0 Å². The number of hydrogen-bond acceptors (Lipinski definition) is 2. The predicted molar refractivity (Wildman–Crippen MR) is 42.1 cm³/mol. The molecule has 0 saturated heterocycles. The number of rotatable bonds is 2. The molecular formula is C7H9O2P. The van der Waals surface area contributed by atoms with E-state index in [4.69, 9.17) is 9.42 Å². The van der Waals surface area contributed by atoms with Gasteiger partial charge in [-0.1, -0.05) is 18.2 Å². The number of hydrogen-bond donors (Lipinski definition) is 1. The molecule has 0 aliphatic carbocycles. The zero-order chi connectivity index (χ0) is 7.40. The fraction of sp³-hybridized carbons (Fsp3) is 0.143. The van der Waals surface area contributed by atoms with Crippen molar-refractivity contribution in [2.24, 2.45) is 0 Å². The molecular weight excluding hydrogens is 147 g/mol. The molecule has 10 heavy (non-hydrogen) atoms. The topological polar surface area (TPSA) is 29.5 Å². The van der Waals surface area contributed by atoms with Crippen LogP contribution in [0.3, 0.4) is 0 Å². The van der Waals surface area contributed by atoms with Crippen LogP contribution >= 0.6 is 8.38 Å². The SMILES string of the molecule is CP(O)Oc1ccccc1. The van der Waals surface area contributed by atoms with Gasteiger partial charge in [0.15, 0.2) is 0 Å². The summed E-state index contributed by atoms with van der Waals surface area (Å²) in [6, 6.07) is 9.27. The van der Waals surface area contributed by atoms with E-state index in [1.54, 1.807) is 6.66 Å². The first-order valence-corrected chi connectivity index (χ1v) is 4.60. The van der Waals surface area contributed by atoms with Crippen LogP contribution in [-0.2, 0) is 0 Å². The highest BCUT2D eigenvalue weighted by atomic mass is 31.2. The normalized spacial score (nSPS) is 12.6. The smallest absolute Gasteiger partial charge is 0.224 e. The van der Waals surface area contributed by atoms with Crippen LogP contribution in [0.1, 0.15) is 0 Å². The average Bonchev–Trinajstić information content (AvgIpc) is 1.88. The molecule has 0 amide bonds. The second-order valence-electron chi connectivity index (χ2n) is 1.87. The molecule has 0 heterocycles. The summed E-state index contributed by atoms with van der Waals surface area (Å²) in [4.78, 5) is 8.85. The highest BCUT2D eigenvalue weighted by molar-refractivity contribution is 7.45. The predicted octanol–water partition coefficient (Wildman–Crippen LogP) is 2.00. The quantitative estimate of drug-likeness (QED) is 0.663. The van der Waals surface area contributed by atoms with Crippen molar-refractivity contribution in [2.75, 3.05) is 6.66 Å². The fourth-order valence-corrected chi connectivity index (χ4v) is 1.06. The van der Waals surface area contributed by atoms with Gasteiger partial charge in [0.25, 0.3) is 0 Å². The van der Waals surface area contributed by atoms with Gasteiger partial charge in [0.05, 0.1) is 0 Å². The van der Waals surface area contributed by atoms with E-state index in [1.165, 1.54) is 0 Å². The van der Waals surface area contributed by atoms with Crippen molar-refractivity contribution in [3.8, 4) is 5.75 Å². The van der Waals surface area contributed by atoms with Crippen LogP contribution in [0.25, 0.3) is 0 Å². The van der Waals surface area contributed by atoms with Gasteiger partial charge in [-0.15, -0.1) is 0 Å². The summed E-state index contributed by atoms with van der Waals surface area (Å²) in [5.74, 6) is 0.721. The van der Waals surface area contributed by atoms with Crippen molar-refractivity contribution in [3.05, 3.63) is 30.3 Å². The van der Waals surface area contributed by atoms with Crippen molar-refractivity contribution in [3.63, 3.8) is 0 Å². The molecule has 1 atom stereocenters. The fourth-order valence-electron chi connectivity index (χ4n) is 0.634. The van der Waals surface area contributed by atoms with Crippen molar-refractivity contribution >= 4 is 8.38 Å². The van der Waals surface area contributed by atoms with E-state index in [1.807, 2.05) is 30.3 Å². The van der Waals surface area contributed by atoms with E-state index in [0.29, 0.717) is 0 Å². The molecule has 0 radical (unpaired) electrons. The highest BCUT2D eigenvalue weighted by Gasteiger charge is 1.95. The molecule has 2 nitrogen and oxygen atoms in total. The Kier molecular flexibility index (Phi) is 2.67. The summed E-state index contributed by atoms with van der Waals surface area (Å²) < 4.78 is 5.03. The van der Waals surface area contributed by atoms with Crippen LogP contribution in [-0.4, -0.2) is 11.6 Å². The number of benzene rings is 1. The monoisotopic (exact) mass is 156 g/mol. The van der Waals surface area contributed by atoms with E-state index >= 15 is 0 Å². The summed E-state index contributed by atoms with van der Waals surface area (Å²) >= 11 is 0. The maximum atomic E-state index is 8.85. The number of para-hydroxylation sites is 1. The van der Waals surface area contributed by atoms with E-state index in [-0.39, 0.29) is 0 Å². The Labute approximate surface area is 61.4 Å². The van der Waals surface area contributed by atoms with E-state index in [9.17, 15) is 0 Å². The van der Waals surface area contributed by atoms with Gasteiger partial charge in [0.2, 0.25) is 8.38 Å². The summed E-state index contributed by atoms with van der Waals surface area (Å²) in [5.41, 5.74) is 0. The van der Waals surface area contributed by atoms with Gasteiger partial charge < -0.3 is 9.42 Å². The van der Waals surface area contributed by atoms with Gasteiger partial charge in [0, 0.05) is 6.66 Å². The molecule has 0 aliphatic rings. The molecule has 0 saturated carbocycles. The molecule has 1 rings (SSSR count). The van der Waals surface area contributed by atoms with Crippen LogP contribution < -0.4 is 4.52 Å². The molecule has 0 fully saturated rings. The van der Waals surface area contributed by atoms with Crippen LogP contribution in [0, 0.1) is 0 Å². The third kappa shape index (κ3) is 2.34. The third-order valence-electron chi connectivity index (χ3n) is 0.981. The lowest BCUT2D eigenvalue weighted by atomic mass is 10.3. The maximum absolute atomic E-state index is 8.85. The summed E-state index contributed by atoms with van der Waals surface area (Å²) in [5, 5.41) is 0. The van der Waals surface area contributed by atoms with E-state index in [2.05, 4.69) is 0 Å². The van der Waals surface area contributed by atoms with E-state index in [0.717, 1.165) is 5.75 Å². The molecule has 54 valence electrons. The minimum Gasteiger partial charge on any atom is -0.448 e. The zero-order valence-electron chi connectivity index (χ0n) is 5.69. The molecule has 0 aliphatic heterocycles. The largest absolute Gasteiger partial charge is 0.448 e. The van der Waals surface area contributed by atoms with Gasteiger partial charge in [0.1, 0.15) is 5.75 Å². The second kappa shape index (κ2) is 3.55. The lowest BCUT2D eigenvalue weighted by molar-refractivity contribution is 0.494. The Morgan fingerprint density at radius 1 is 1.30 bits per heavy atom. The maximum Gasteiger partial charge on any atom is 0.224 e. The zero-order valence-corrected chi connectivity index (χ0v) is 6.58. The van der Waals surface area contributed by atoms with Crippen molar-refractivity contribution in [1.29, 1.82) is 0 Å². The van der Waals surface area contributed by atoms with Crippen LogP contribution in [0.5, 0.6) is 5.75 Å². The molecule has 0 spiro atoms. The van der Waals surface area contributed by atoms with Crippen LogP contribution in [0.15, 0.2) is 30.3 Å². The second-order valence-corrected chi connectivity index (χ2v) is 2.98. The van der Waals surface area contributed by atoms with Crippen molar-refractivity contribution in [2.45, 2.75) is 0 Å². The first-order chi connectivity index (χ1) is 4.79. The molecule has 1 unspecified atom stereocenters. The lowest BCUT2D eigenvalue weighted by Crippen LogP contribution is -1.82. The summed E-state index contributed by atoms with van der Waals surface area (Å²) in [6.07, 6.45) is 0. The van der Waals surface area contributed by atoms with Crippen molar-refractivity contribution < 1.29 is 9.42 Å². The average molecular weight is 156 g/mol. The minimum atomic E-state index is -1.28. The van der Waals surface area contributed by atoms with Gasteiger partial charge in [-0.3, -0.25) is 0 Å². The third-order valence-corrected chi connectivity index (χ3v) is 1.46. The molecule has 3 heteroatoms. The molecule has 0 aromatic heterocycles. The highest BCUT2D eigenvalue weighted by Crippen LogP contribution is 2.28. The standard InChI is InChI=1S/C7H9O2P/c1-10(8)9-7-5-3-2-4-6-7/h2-6,8H,1H3. The summed E-state index contributed by atoms with van der Waals surface area (Å²) in [6.45, 7) is 1.64. The molecule has 1 N–H and O–H groups in total. The van der Waals surface area contributed by atoms with Gasteiger partial charge in [-0.05, 0) is 12.1 Å². The molecule has 1 aromatic rings. The van der Waals surface area contributed by atoms with Gasteiger partial charge in [-0.2, -0.15) is 0 Å². The first-order valence-electron chi connectivity index (χ1n) is 2.94. The molecule has 1 aromatic carbocycles. The first kappa shape index (κ1) is 7.52. The van der Waals surface area contributed by atoms with Crippen LogP contribution in [0.2, 0.25) is 0 Å². The Morgan fingerprint density at radius 2 is 1.90 bits per heavy atom. The van der Waals surface area contributed by atoms with Gasteiger partial charge >= 0.3 is 0 Å². The summed E-state index contributed by atoms with van der Waals surface area (Å²) in [7, 11) is -1.28. The van der Waals surface area contributed by atoms with E-state index < -0.39 is 8.38 Å². The Bertz CT molecular complexity index is 186. The van der Waals surface area contributed by atoms with Gasteiger partial charge in [-0.25, -0.2) is 0 Å². The molecule has 0 bridgehead atoms. The lowest BCUT2D eigenvalue weighted by Gasteiger charge is -2.05. The Hall–Kier alpha value is -0.590. The Morgan fingerprint density at radius 3 is 2.40 bits per heavy atom. The Balaban J connectivity index is 2.59. The minimum absolute atomic E-state index is 0.721. The van der Waals surface area contributed by atoms with Crippen molar-refractivity contribution in [1.82, 2.24) is 0 Å².